The van der Waals surface area contributed by atoms with E-state index >= 15 is 0 Å². The Morgan fingerprint density at radius 1 is 1.36 bits per heavy atom. The minimum absolute atomic E-state index is 0.283. The minimum Gasteiger partial charge on any atom is -0.267 e. The molecule has 1 heterocycles. The van der Waals surface area contributed by atoms with Gasteiger partial charge >= 0.3 is 0 Å². The molecule has 1 aromatic carbocycles. The molecule has 0 aliphatic heterocycles. The second-order valence-corrected chi connectivity index (χ2v) is 2.62. The first kappa shape index (κ1) is 8.36. The van der Waals surface area contributed by atoms with Crippen molar-refractivity contribution in [3.8, 4) is 11.4 Å². The quantitative estimate of drug-likeness (QED) is 0.732. The van der Waals surface area contributed by atoms with Gasteiger partial charge in [0.2, 0.25) is 0 Å². The summed E-state index contributed by atoms with van der Waals surface area (Å²) in [4.78, 5) is 10.9. The Hall–Kier alpha value is -2.24. The van der Waals surface area contributed by atoms with E-state index < -0.39 is 5.91 Å². The van der Waals surface area contributed by atoms with Gasteiger partial charge in [-0.1, -0.05) is 18.2 Å². The SMILES string of the molecule is [NH]C(=O)c1ccccc1-c1nnn[nH]1. The predicted molar refractivity (Wildman–Crippen MR) is 47.0 cm³/mol. The zero-order valence-electron chi connectivity index (χ0n) is 7.06. The lowest BCUT2D eigenvalue weighted by molar-refractivity contribution is 0.0992. The van der Waals surface area contributed by atoms with E-state index in [0.717, 1.165) is 0 Å². The van der Waals surface area contributed by atoms with E-state index in [-0.39, 0.29) is 5.56 Å². The molecule has 6 nitrogen and oxygen atoms in total. The Labute approximate surface area is 79.1 Å². The Morgan fingerprint density at radius 3 is 2.79 bits per heavy atom. The van der Waals surface area contributed by atoms with Gasteiger partial charge in [0, 0.05) is 5.56 Å². The zero-order valence-corrected chi connectivity index (χ0v) is 7.06. The van der Waals surface area contributed by atoms with Crippen LogP contribution in [0, 0.1) is 0 Å². The molecule has 0 bridgehead atoms. The molecule has 2 rings (SSSR count). The number of H-pyrrole nitrogens is 1. The van der Waals surface area contributed by atoms with Crippen LogP contribution in [0.2, 0.25) is 0 Å². The summed E-state index contributed by atoms with van der Waals surface area (Å²) in [7, 11) is 0. The van der Waals surface area contributed by atoms with Crippen LogP contribution in [0.1, 0.15) is 10.4 Å². The number of nitrogens with zero attached hydrogens (tertiary/aromatic N) is 3. The maximum absolute atomic E-state index is 10.9. The fourth-order valence-corrected chi connectivity index (χ4v) is 1.16. The molecule has 0 saturated carbocycles. The molecule has 0 aliphatic carbocycles. The molecule has 0 spiro atoms. The lowest BCUT2D eigenvalue weighted by Gasteiger charge is -2.00. The molecule has 1 amide bonds. The topological polar surface area (TPSA) is 95.3 Å². The van der Waals surface area contributed by atoms with Crippen LogP contribution in [-0.2, 0) is 0 Å². The highest BCUT2D eigenvalue weighted by Crippen LogP contribution is 2.18. The monoisotopic (exact) mass is 188 g/mol. The number of aromatic amines is 1. The smallest absolute Gasteiger partial charge is 0.267 e. The highest BCUT2D eigenvalue weighted by atomic mass is 16.1. The number of carbonyl (C=O) groups is 1. The van der Waals surface area contributed by atoms with Gasteiger partial charge in [0.15, 0.2) is 5.82 Å². The first-order valence-electron chi connectivity index (χ1n) is 3.88. The Kier molecular flexibility index (Phi) is 1.94. The molecule has 6 heteroatoms. The fourth-order valence-electron chi connectivity index (χ4n) is 1.16. The molecule has 14 heavy (non-hydrogen) atoms. The number of rotatable bonds is 2. The first-order chi connectivity index (χ1) is 6.79. The third-order valence-electron chi connectivity index (χ3n) is 1.77. The van der Waals surface area contributed by atoms with E-state index in [1.165, 1.54) is 0 Å². The highest BCUT2D eigenvalue weighted by molar-refractivity contribution is 5.98. The van der Waals surface area contributed by atoms with Crippen molar-refractivity contribution < 1.29 is 4.79 Å². The number of aromatic nitrogens is 4. The zero-order chi connectivity index (χ0) is 9.97. The van der Waals surface area contributed by atoms with E-state index in [4.69, 9.17) is 5.73 Å². The molecular weight excluding hydrogens is 182 g/mol. The van der Waals surface area contributed by atoms with Gasteiger partial charge in [-0.15, -0.1) is 5.10 Å². The van der Waals surface area contributed by atoms with E-state index in [9.17, 15) is 4.79 Å². The summed E-state index contributed by atoms with van der Waals surface area (Å²) in [5, 5.41) is 13.0. The predicted octanol–water partition coefficient (Wildman–Crippen LogP) is 0.290. The molecule has 0 saturated heterocycles. The van der Waals surface area contributed by atoms with E-state index in [0.29, 0.717) is 11.4 Å². The van der Waals surface area contributed by atoms with Crippen molar-refractivity contribution in [3.63, 3.8) is 0 Å². The summed E-state index contributed by atoms with van der Waals surface area (Å²) in [6.45, 7) is 0. The number of nitrogens with one attached hydrogen (secondary N) is 2. The number of amides is 1. The Balaban J connectivity index is 2.58. The lowest BCUT2D eigenvalue weighted by atomic mass is 10.1. The average Bonchev–Trinajstić information content (AvgIpc) is 2.70. The van der Waals surface area contributed by atoms with Crippen molar-refractivity contribution in [1.29, 1.82) is 0 Å². The van der Waals surface area contributed by atoms with Gasteiger partial charge in [-0.25, -0.2) is 5.10 Å². The van der Waals surface area contributed by atoms with Crippen LogP contribution in [0.3, 0.4) is 0 Å². The average molecular weight is 188 g/mol. The molecule has 1 aromatic heterocycles. The van der Waals surface area contributed by atoms with Gasteiger partial charge in [0.25, 0.3) is 5.91 Å². The molecule has 1 radical (unpaired) electrons. The van der Waals surface area contributed by atoms with Crippen molar-refractivity contribution in [3.05, 3.63) is 29.8 Å². The highest BCUT2D eigenvalue weighted by Gasteiger charge is 2.11. The van der Waals surface area contributed by atoms with Gasteiger partial charge in [0.1, 0.15) is 0 Å². The van der Waals surface area contributed by atoms with E-state index in [2.05, 4.69) is 20.6 Å². The molecule has 0 unspecified atom stereocenters. The second-order valence-electron chi connectivity index (χ2n) is 2.62. The van der Waals surface area contributed by atoms with E-state index in [1.54, 1.807) is 24.3 Å². The molecule has 0 fully saturated rings. The third-order valence-corrected chi connectivity index (χ3v) is 1.77. The van der Waals surface area contributed by atoms with Gasteiger partial charge in [-0.3, -0.25) is 10.5 Å². The summed E-state index contributed by atoms with van der Waals surface area (Å²) in [5.74, 6) is -0.363. The number of hydrogen-bond donors (Lipinski definition) is 1. The van der Waals surface area contributed by atoms with Crippen LogP contribution in [0.15, 0.2) is 24.3 Å². The molecule has 0 atom stereocenters. The summed E-state index contributed by atoms with van der Waals surface area (Å²) in [6, 6.07) is 6.69. The first-order valence-corrected chi connectivity index (χ1v) is 3.88. The van der Waals surface area contributed by atoms with Gasteiger partial charge in [-0.05, 0) is 16.5 Å². The van der Waals surface area contributed by atoms with Crippen LogP contribution in [0.25, 0.3) is 11.4 Å². The van der Waals surface area contributed by atoms with Crippen LogP contribution < -0.4 is 5.73 Å². The number of carbonyl (C=O) groups excluding carboxylic acids is 1. The minimum atomic E-state index is -0.753. The van der Waals surface area contributed by atoms with Gasteiger partial charge in [0.05, 0.1) is 5.56 Å². The van der Waals surface area contributed by atoms with Crippen molar-refractivity contribution in [1.82, 2.24) is 26.4 Å². The summed E-state index contributed by atoms with van der Waals surface area (Å²) in [6.07, 6.45) is 0. The normalized spacial score (nSPS) is 10.0. The van der Waals surface area contributed by atoms with Crippen molar-refractivity contribution in [2.75, 3.05) is 0 Å². The summed E-state index contributed by atoms with van der Waals surface area (Å²) < 4.78 is 0. The lowest BCUT2D eigenvalue weighted by Crippen LogP contribution is -2.01. The second kappa shape index (κ2) is 3.25. The van der Waals surface area contributed by atoms with Crippen LogP contribution >= 0.6 is 0 Å². The fraction of sp³-hybridized carbons (Fsp3) is 0. The van der Waals surface area contributed by atoms with Gasteiger partial charge < -0.3 is 0 Å². The largest absolute Gasteiger partial charge is 0.270 e. The van der Waals surface area contributed by atoms with E-state index in [1.807, 2.05) is 0 Å². The van der Waals surface area contributed by atoms with Crippen molar-refractivity contribution >= 4 is 5.91 Å². The van der Waals surface area contributed by atoms with Crippen LogP contribution in [0.4, 0.5) is 0 Å². The molecule has 2 N–H and O–H groups in total. The Bertz CT molecular complexity index is 451. The van der Waals surface area contributed by atoms with Crippen molar-refractivity contribution in [2.24, 2.45) is 0 Å². The Morgan fingerprint density at radius 2 is 2.14 bits per heavy atom. The number of benzene rings is 1. The molecular formula is C8H6N5O. The van der Waals surface area contributed by atoms with Crippen LogP contribution in [0.5, 0.6) is 0 Å². The summed E-state index contributed by atoms with van der Waals surface area (Å²) in [5.41, 5.74) is 7.86. The third kappa shape index (κ3) is 1.33. The molecule has 69 valence electrons. The number of tetrazole rings is 1. The summed E-state index contributed by atoms with van der Waals surface area (Å²) >= 11 is 0. The standard InChI is InChI=1S/C8H6N5O/c9-7(14)5-3-1-2-4-6(5)8-10-12-13-11-8/h1-4,9H,(H,10,11,12,13). The number of hydrogen-bond acceptors (Lipinski definition) is 4. The maximum Gasteiger partial charge on any atom is 0.270 e. The van der Waals surface area contributed by atoms with Crippen molar-refractivity contribution in [2.45, 2.75) is 0 Å². The van der Waals surface area contributed by atoms with Gasteiger partial charge in [-0.2, -0.15) is 0 Å². The maximum atomic E-state index is 10.9. The van der Waals surface area contributed by atoms with Crippen LogP contribution in [-0.4, -0.2) is 26.5 Å². The molecule has 0 aliphatic rings. The molecule has 2 aromatic rings.